The summed E-state index contributed by atoms with van der Waals surface area (Å²) in [6, 6.07) is 12.8. The van der Waals surface area contributed by atoms with Crippen molar-refractivity contribution in [1.82, 2.24) is 24.5 Å². The lowest BCUT2D eigenvalue weighted by Crippen LogP contribution is -2.22. The Balaban J connectivity index is 1.64. The molecule has 0 fully saturated rings. The largest absolute Gasteiger partial charge is 0.368 e. The summed E-state index contributed by atoms with van der Waals surface area (Å²) in [5.74, 6) is 1.26. The number of halogens is 1. The Hall–Kier alpha value is -3.43. The standard InChI is InChI=1S/C22H20ClN7OS/c1-3-10-30-19(31)15-9-8-14(23)11-17(15)26-22(30)32-12-18-27-20(24)29-21(28-18)25-16-7-5-4-6-13(16)2/h3-9,11H,1,10,12H2,2H3,(H3,24,25,27,28,29). The zero-order valence-electron chi connectivity index (χ0n) is 17.2. The zero-order valence-corrected chi connectivity index (χ0v) is 18.8. The van der Waals surface area contributed by atoms with Gasteiger partial charge in [0.2, 0.25) is 11.9 Å². The normalized spacial score (nSPS) is 10.9. The van der Waals surface area contributed by atoms with Crippen LogP contribution in [0.4, 0.5) is 17.6 Å². The maximum atomic E-state index is 13.0. The van der Waals surface area contributed by atoms with E-state index in [1.54, 1.807) is 28.8 Å². The summed E-state index contributed by atoms with van der Waals surface area (Å²) >= 11 is 7.42. The third-order valence-corrected chi connectivity index (χ3v) is 5.82. The fraction of sp³-hybridized carbons (Fsp3) is 0.136. The SMILES string of the molecule is C=CCn1c(SCc2nc(N)nc(Nc3ccccc3C)n2)nc2cc(Cl)ccc2c1=O. The molecule has 10 heteroatoms. The number of nitrogens with zero attached hydrogens (tertiary/aromatic N) is 5. The molecule has 2 aromatic heterocycles. The van der Waals surface area contributed by atoms with Gasteiger partial charge in [-0.05, 0) is 36.8 Å². The van der Waals surface area contributed by atoms with Crippen LogP contribution in [0.15, 0.2) is 65.1 Å². The van der Waals surface area contributed by atoms with Crippen LogP contribution in [0, 0.1) is 6.92 Å². The average Bonchev–Trinajstić information content (AvgIpc) is 2.75. The van der Waals surface area contributed by atoms with Crippen LogP contribution < -0.4 is 16.6 Å². The van der Waals surface area contributed by atoms with Crippen molar-refractivity contribution < 1.29 is 0 Å². The molecule has 0 atom stereocenters. The highest BCUT2D eigenvalue weighted by Gasteiger charge is 2.13. The molecule has 0 aliphatic carbocycles. The van der Waals surface area contributed by atoms with Crippen molar-refractivity contribution in [2.24, 2.45) is 0 Å². The van der Waals surface area contributed by atoms with Crippen LogP contribution in [-0.4, -0.2) is 24.5 Å². The molecular formula is C22H20ClN7OS. The van der Waals surface area contributed by atoms with Gasteiger partial charge in [0, 0.05) is 17.3 Å². The molecule has 0 unspecified atom stereocenters. The number of hydrogen-bond donors (Lipinski definition) is 2. The van der Waals surface area contributed by atoms with E-state index in [2.05, 4.69) is 31.8 Å². The molecule has 3 N–H and O–H groups in total. The second kappa shape index (κ2) is 9.37. The van der Waals surface area contributed by atoms with Gasteiger partial charge >= 0.3 is 0 Å². The monoisotopic (exact) mass is 465 g/mol. The number of aryl methyl sites for hydroxylation is 1. The molecule has 8 nitrogen and oxygen atoms in total. The lowest BCUT2D eigenvalue weighted by molar-refractivity contribution is 0.671. The van der Waals surface area contributed by atoms with Crippen LogP contribution in [0.1, 0.15) is 11.4 Å². The van der Waals surface area contributed by atoms with Crippen LogP contribution in [0.3, 0.4) is 0 Å². The van der Waals surface area contributed by atoms with E-state index in [1.165, 1.54) is 11.8 Å². The van der Waals surface area contributed by atoms with Gasteiger partial charge in [-0.3, -0.25) is 9.36 Å². The third kappa shape index (κ3) is 4.74. The second-order valence-corrected chi connectivity index (χ2v) is 8.30. The number of allylic oxidation sites excluding steroid dienone is 1. The van der Waals surface area contributed by atoms with Crippen molar-refractivity contribution in [2.75, 3.05) is 11.1 Å². The molecule has 2 heterocycles. The van der Waals surface area contributed by atoms with Crippen LogP contribution in [0.2, 0.25) is 5.02 Å². The third-order valence-electron chi connectivity index (χ3n) is 4.61. The molecule has 0 saturated carbocycles. The molecule has 0 aliphatic heterocycles. The Morgan fingerprint density at radius 2 is 2.00 bits per heavy atom. The Morgan fingerprint density at radius 1 is 1.19 bits per heavy atom. The number of para-hydroxylation sites is 1. The first-order chi connectivity index (χ1) is 15.4. The molecular weight excluding hydrogens is 446 g/mol. The molecule has 4 aromatic rings. The first kappa shape index (κ1) is 21.8. The van der Waals surface area contributed by atoms with Gasteiger partial charge in [0.25, 0.3) is 5.56 Å². The number of nitrogen functional groups attached to an aromatic ring is 1. The number of thioether (sulfide) groups is 1. The summed E-state index contributed by atoms with van der Waals surface area (Å²) in [5.41, 5.74) is 8.20. The lowest BCUT2D eigenvalue weighted by atomic mass is 10.2. The van der Waals surface area contributed by atoms with Crippen molar-refractivity contribution in [2.45, 2.75) is 24.4 Å². The van der Waals surface area contributed by atoms with E-state index in [0.717, 1.165) is 11.3 Å². The Kier molecular flexibility index (Phi) is 6.38. The van der Waals surface area contributed by atoms with Gasteiger partial charge in [-0.15, -0.1) is 6.58 Å². The van der Waals surface area contributed by atoms with Crippen molar-refractivity contribution in [1.29, 1.82) is 0 Å². The minimum Gasteiger partial charge on any atom is -0.368 e. The quantitative estimate of drug-likeness (QED) is 0.235. The van der Waals surface area contributed by atoms with Crippen LogP contribution in [0.25, 0.3) is 10.9 Å². The summed E-state index contributed by atoms with van der Waals surface area (Å²) < 4.78 is 1.56. The van der Waals surface area contributed by atoms with Crippen LogP contribution in [0.5, 0.6) is 0 Å². The van der Waals surface area contributed by atoms with E-state index >= 15 is 0 Å². The number of rotatable bonds is 7. The predicted octanol–water partition coefficient (Wildman–Crippen LogP) is 4.35. The number of nitrogens with two attached hydrogens (primary N) is 1. The number of aromatic nitrogens is 5. The van der Waals surface area contributed by atoms with E-state index in [0.29, 0.717) is 45.2 Å². The van der Waals surface area contributed by atoms with Gasteiger partial charge in [-0.25, -0.2) is 4.98 Å². The maximum absolute atomic E-state index is 13.0. The zero-order chi connectivity index (χ0) is 22.7. The topological polar surface area (TPSA) is 112 Å². The summed E-state index contributed by atoms with van der Waals surface area (Å²) in [4.78, 5) is 30.5. The minimum atomic E-state index is -0.161. The first-order valence-electron chi connectivity index (χ1n) is 9.71. The van der Waals surface area contributed by atoms with Crippen LogP contribution >= 0.6 is 23.4 Å². The maximum Gasteiger partial charge on any atom is 0.262 e. The van der Waals surface area contributed by atoms with Gasteiger partial charge in [-0.2, -0.15) is 15.0 Å². The summed E-state index contributed by atoms with van der Waals surface area (Å²) in [5, 5.41) is 4.69. The van der Waals surface area contributed by atoms with E-state index in [4.69, 9.17) is 17.3 Å². The summed E-state index contributed by atoms with van der Waals surface area (Å²) in [6.45, 7) is 6.06. The first-order valence-corrected chi connectivity index (χ1v) is 11.1. The molecule has 162 valence electrons. The summed E-state index contributed by atoms with van der Waals surface area (Å²) in [7, 11) is 0. The number of nitrogens with one attached hydrogen (secondary N) is 1. The molecule has 0 radical (unpaired) electrons. The number of fused-ring (bicyclic) bond motifs is 1. The van der Waals surface area contributed by atoms with Crippen molar-refractivity contribution >= 4 is 51.8 Å². The van der Waals surface area contributed by atoms with Crippen molar-refractivity contribution in [3.63, 3.8) is 0 Å². The van der Waals surface area contributed by atoms with Crippen LogP contribution in [-0.2, 0) is 12.3 Å². The van der Waals surface area contributed by atoms with Crippen molar-refractivity contribution in [3.8, 4) is 0 Å². The number of hydrogen-bond acceptors (Lipinski definition) is 8. The Morgan fingerprint density at radius 3 is 2.78 bits per heavy atom. The highest BCUT2D eigenvalue weighted by molar-refractivity contribution is 7.98. The molecule has 32 heavy (non-hydrogen) atoms. The molecule has 0 bridgehead atoms. The minimum absolute atomic E-state index is 0.105. The highest BCUT2D eigenvalue weighted by atomic mass is 35.5. The number of benzene rings is 2. The lowest BCUT2D eigenvalue weighted by Gasteiger charge is -2.12. The van der Waals surface area contributed by atoms with Gasteiger partial charge in [-0.1, -0.05) is 47.6 Å². The number of anilines is 3. The molecule has 0 amide bonds. The van der Waals surface area contributed by atoms with E-state index in [9.17, 15) is 4.79 Å². The van der Waals surface area contributed by atoms with Gasteiger partial charge in [0.05, 0.1) is 16.7 Å². The van der Waals surface area contributed by atoms with Gasteiger partial charge in [0.1, 0.15) is 5.82 Å². The molecule has 0 saturated heterocycles. The molecule has 4 rings (SSSR count). The van der Waals surface area contributed by atoms with E-state index < -0.39 is 0 Å². The van der Waals surface area contributed by atoms with E-state index in [1.807, 2.05) is 31.2 Å². The average molecular weight is 466 g/mol. The molecule has 0 aliphatic rings. The second-order valence-electron chi connectivity index (χ2n) is 6.92. The Labute approximate surface area is 193 Å². The highest BCUT2D eigenvalue weighted by Crippen LogP contribution is 2.24. The van der Waals surface area contributed by atoms with Gasteiger partial charge in [0.15, 0.2) is 5.16 Å². The van der Waals surface area contributed by atoms with E-state index in [-0.39, 0.29) is 11.5 Å². The Bertz CT molecular complexity index is 1370. The predicted molar refractivity (Wildman–Crippen MR) is 129 cm³/mol. The smallest absolute Gasteiger partial charge is 0.262 e. The molecule has 2 aromatic carbocycles. The van der Waals surface area contributed by atoms with Gasteiger partial charge < -0.3 is 11.1 Å². The van der Waals surface area contributed by atoms with Crippen molar-refractivity contribution in [3.05, 3.63) is 81.9 Å². The molecule has 0 spiro atoms. The fourth-order valence-corrected chi connectivity index (χ4v) is 4.13. The summed E-state index contributed by atoms with van der Waals surface area (Å²) in [6.07, 6.45) is 1.65. The fourth-order valence-electron chi connectivity index (χ4n) is 3.10.